The van der Waals surface area contributed by atoms with Crippen molar-refractivity contribution in [3.8, 4) is 0 Å². The number of rotatable bonds is 14. The highest BCUT2D eigenvalue weighted by Gasteiger charge is 2.24. The number of nitrogens with zero attached hydrogens (tertiary/aromatic N) is 1. The number of amides is 3. The van der Waals surface area contributed by atoms with Crippen molar-refractivity contribution < 1.29 is 39.1 Å². The Morgan fingerprint density at radius 1 is 1.18 bits per heavy atom. The van der Waals surface area contributed by atoms with Crippen molar-refractivity contribution in [2.24, 2.45) is 11.5 Å². The number of nitro benzene ring substituents is 1. The molecule has 180 valence electrons. The molecule has 0 aromatic heterocycles. The van der Waals surface area contributed by atoms with E-state index in [1.807, 2.05) is 0 Å². The Hall–Kier alpha value is -3.37. The van der Waals surface area contributed by atoms with Gasteiger partial charge >= 0.3 is 11.9 Å². The lowest BCUT2D eigenvalue weighted by Crippen LogP contribution is -2.50. The molecular weight excluding hydrogens is 482 g/mol. The Kier molecular flexibility index (Phi) is 11.1. The van der Waals surface area contributed by atoms with E-state index in [9.17, 15) is 34.1 Å². The van der Waals surface area contributed by atoms with Crippen LogP contribution in [0.4, 0.5) is 5.69 Å². The van der Waals surface area contributed by atoms with Gasteiger partial charge in [-0.25, -0.2) is 4.79 Å². The fourth-order valence-electron chi connectivity index (χ4n) is 2.22. The highest BCUT2D eigenvalue weighted by Crippen LogP contribution is 2.34. The molecule has 1 aromatic carbocycles. The van der Waals surface area contributed by atoms with Gasteiger partial charge in [0.2, 0.25) is 17.7 Å². The van der Waals surface area contributed by atoms with Gasteiger partial charge in [-0.15, -0.1) is 0 Å². The third-order valence-electron chi connectivity index (χ3n) is 3.87. The van der Waals surface area contributed by atoms with Gasteiger partial charge in [-0.05, 0) is 18.6 Å². The molecule has 33 heavy (non-hydrogen) atoms. The lowest BCUT2D eigenvalue weighted by atomic mass is 10.1. The molecule has 0 aliphatic heterocycles. The minimum atomic E-state index is -1.48. The Morgan fingerprint density at radius 3 is 2.39 bits per heavy atom. The second-order valence-electron chi connectivity index (χ2n) is 6.40. The summed E-state index contributed by atoms with van der Waals surface area (Å²) in [6.07, 6.45) is -0.436. The van der Waals surface area contributed by atoms with Crippen LogP contribution in [-0.4, -0.2) is 69.2 Å². The Morgan fingerprint density at radius 2 is 1.85 bits per heavy atom. The summed E-state index contributed by atoms with van der Waals surface area (Å²) in [6, 6.07) is 1.07. The van der Waals surface area contributed by atoms with Crippen LogP contribution in [0.15, 0.2) is 23.1 Å². The number of carboxylic acid groups (broad SMARTS) is 2. The van der Waals surface area contributed by atoms with E-state index in [1.165, 1.54) is 6.07 Å². The predicted octanol–water partition coefficient (Wildman–Crippen LogP) is -0.688. The lowest BCUT2D eigenvalue weighted by Gasteiger charge is -2.18. The van der Waals surface area contributed by atoms with Crippen molar-refractivity contribution >= 4 is 56.9 Å². The number of carboxylic acids is 2. The second kappa shape index (κ2) is 13.2. The molecule has 0 spiro atoms. The number of nitrogens with one attached hydrogen (secondary N) is 2. The van der Waals surface area contributed by atoms with Crippen LogP contribution >= 0.6 is 21.6 Å². The number of nitrogens with two attached hydrogens (primary N) is 2. The first-order valence-electron chi connectivity index (χ1n) is 9.07. The smallest absolute Gasteiger partial charge is 0.342 e. The lowest BCUT2D eigenvalue weighted by molar-refractivity contribution is -0.385. The van der Waals surface area contributed by atoms with Crippen molar-refractivity contribution in [2.45, 2.75) is 29.8 Å². The van der Waals surface area contributed by atoms with Gasteiger partial charge in [0.15, 0.2) is 0 Å². The van der Waals surface area contributed by atoms with Crippen LogP contribution in [0.25, 0.3) is 0 Å². The normalized spacial score (nSPS) is 12.3. The van der Waals surface area contributed by atoms with Crippen molar-refractivity contribution in [1.29, 1.82) is 0 Å². The van der Waals surface area contributed by atoms with Crippen LogP contribution in [0.1, 0.15) is 23.2 Å². The molecule has 3 amide bonds. The maximum atomic E-state index is 12.3. The number of primary amides is 1. The molecule has 8 N–H and O–H groups in total. The van der Waals surface area contributed by atoms with Gasteiger partial charge in [0, 0.05) is 23.1 Å². The maximum Gasteiger partial charge on any atom is 0.342 e. The molecular formula is C17H21N5O9S2. The molecule has 0 saturated heterocycles. The summed E-state index contributed by atoms with van der Waals surface area (Å²) >= 11 is 0. The van der Waals surface area contributed by atoms with Gasteiger partial charge in [-0.3, -0.25) is 29.3 Å². The molecule has 0 bridgehead atoms. The molecule has 2 atom stereocenters. The molecule has 0 heterocycles. The number of aromatic carboxylic acids is 1. The largest absolute Gasteiger partial charge is 0.480 e. The quantitative estimate of drug-likeness (QED) is 0.105. The van der Waals surface area contributed by atoms with Gasteiger partial charge in [0.25, 0.3) is 5.69 Å². The third kappa shape index (κ3) is 9.75. The molecule has 0 radical (unpaired) electrons. The molecule has 16 heteroatoms. The SMILES string of the molecule is NC(=O)CNC(=O)[C@H](CSSc1ccc([N+](=O)[O-])c(C(=O)O)c1)NC(=O)CC[C@H](N)C(=O)O. The third-order valence-corrected chi connectivity index (χ3v) is 6.25. The van der Waals surface area contributed by atoms with Crippen molar-refractivity contribution in [3.63, 3.8) is 0 Å². The first-order chi connectivity index (χ1) is 15.4. The number of nitro groups is 1. The van der Waals surface area contributed by atoms with Crippen LogP contribution in [0, 0.1) is 10.1 Å². The van der Waals surface area contributed by atoms with Crippen molar-refractivity contribution in [2.75, 3.05) is 12.3 Å². The molecule has 1 aromatic rings. The summed E-state index contributed by atoms with van der Waals surface area (Å²) in [5.41, 5.74) is 9.24. The number of carbonyl (C=O) groups excluding carboxylic acids is 3. The molecule has 1 rings (SSSR count). The van der Waals surface area contributed by atoms with E-state index in [0.717, 1.165) is 33.7 Å². The second-order valence-corrected chi connectivity index (χ2v) is 8.81. The van der Waals surface area contributed by atoms with Crippen molar-refractivity contribution in [1.82, 2.24) is 10.6 Å². The summed E-state index contributed by atoms with van der Waals surface area (Å²) in [5.74, 6) is -5.01. The summed E-state index contributed by atoms with van der Waals surface area (Å²) in [5, 5.41) is 33.5. The molecule has 0 aliphatic rings. The molecule has 0 unspecified atom stereocenters. The number of hydrogen-bond donors (Lipinski definition) is 6. The maximum absolute atomic E-state index is 12.3. The summed E-state index contributed by atoms with van der Waals surface area (Å²) in [6.45, 7) is -0.475. The van der Waals surface area contributed by atoms with E-state index in [1.54, 1.807) is 0 Å². The number of benzene rings is 1. The highest BCUT2D eigenvalue weighted by atomic mass is 33.1. The Labute approximate surface area is 194 Å². The summed E-state index contributed by atoms with van der Waals surface area (Å²) < 4.78 is 0. The van der Waals surface area contributed by atoms with E-state index < -0.39 is 64.5 Å². The van der Waals surface area contributed by atoms with Crippen LogP contribution in [0.5, 0.6) is 0 Å². The van der Waals surface area contributed by atoms with Crippen LogP contribution in [-0.2, 0) is 19.2 Å². The average Bonchev–Trinajstić information content (AvgIpc) is 2.74. The van der Waals surface area contributed by atoms with Gasteiger partial charge in [0.1, 0.15) is 17.6 Å². The summed E-state index contributed by atoms with van der Waals surface area (Å²) in [7, 11) is 2.03. The molecule has 0 aliphatic carbocycles. The van der Waals surface area contributed by atoms with E-state index >= 15 is 0 Å². The van der Waals surface area contributed by atoms with Crippen LogP contribution < -0.4 is 22.1 Å². The average molecular weight is 504 g/mol. The van der Waals surface area contributed by atoms with Gasteiger partial charge < -0.3 is 32.3 Å². The van der Waals surface area contributed by atoms with Gasteiger partial charge in [-0.1, -0.05) is 21.6 Å². The first kappa shape index (κ1) is 27.7. The van der Waals surface area contributed by atoms with Crippen LogP contribution in [0.2, 0.25) is 0 Å². The minimum absolute atomic E-state index is 0.0502. The van der Waals surface area contributed by atoms with Gasteiger partial charge in [0.05, 0.1) is 11.5 Å². The van der Waals surface area contributed by atoms with E-state index in [2.05, 4.69) is 10.6 Å². The monoisotopic (exact) mass is 503 g/mol. The van der Waals surface area contributed by atoms with Crippen molar-refractivity contribution in [3.05, 3.63) is 33.9 Å². The fraction of sp³-hybridized carbons (Fsp3) is 0.353. The Bertz CT molecular complexity index is 943. The number of hydrogen-bond acceptors (Lipinski definition) is 10. The Balaban J connectivity index is 2.82. The predicted molar refractivity (Wildman–Crippen MR) is 117 cm³/mol. The zero-order valence-electron chi connectivity index (χ0n) is 16.9. The fourth-order valence-corrected chi connectivity index (χ4v) is 4.42. The molecule has 0 saturated carbocycles. The highest BCUT2D eigenvalue weighted by molar-refractivity contribution is 8.76. The molecule has 0 fully saturated rings. The first-order valence-corrected chi connectivity index (χ1v) is 11.4. The standard InChI is InChI=1S/C17H21N5O9S2/c18-10(17(28)29)2-4-14(24)21-11(15(25)20-6-13(19)23)7-32-33-8-1-3-12(22(30)31)9(5-8)16(26)27/h1,3,5,10-11H,2,4,6-7,18H2,(H2,19,23)(H,20,25)(H,21,24)(H,26,27)(H,28,29)/t10-,11-/m0/s1. The summed E-state index contributed by atoms with van der Waals surface area (Å²) in [4.78, 5) is 67.8. The number of carbonyl (C=O) groups is 5. The van der Waals surface area contributed by atoms with E-state index in [0.29, 0.717) is 4.90 Å². The molecule has 14 nitrogen and oxygen atoms in total. The zero-order chi connectivity index (χ0) is 25.1. The minimum Gasteiger partial charge on any atom is -0.480 e. The zero-order valence-corrected chi connectivity index (χ0v) is 18.5. The van der Waals surface area contributed by atoms with E-state index in [4.69, 9.17) is 21.7 Å². The van der Waals surface area contributed by atoms with Gasteiger partial charge in [-0.2, -0.15) is 0 Å². The number of aliphatic carboxylic acids is 1. The van der Waals surface area contributed by atoms with E-state index in [-0.39, 0.29) is 18.6 Å². The topological polar surface area (TPSA) is 245 Å². The van der Waals surface area contributed by atoms with Crippen LogP contribution in [0.3, 0.4) is 0 Å².